The minimum absolute atomic E-state index is 0.660. The zero-order chi connectivity index (χ0) is 29.0. The maximum absolute atomic E-state index is 5.06. The summed E-state index contributed by atoms with van der Waals surface area (Å²) >= 11 is 0. The highest BCUT2D eigenvalue weighted by Gasteiger charge is 2.14. The second-order valence-corrected chi connectivity index (χ2v) is 11.3. The van der Waals surface area contributed by atoms with Gasteiger partial charge < -0.3 is 0 Å². The van der Waals surface area contributed by atoms with Gasteiger partial charge in [0.25, 0.3) is 0 Å². The molecule has 1 aromatic heterocycles. The van der Waals surface area contributed by atoms with Gasteiger partial charge in [-0.2, -0.15) is 0 Å². The van der Waals surface area contributed by atoms with E-state index in [0.29, 0.717) is 17.5 Å². The standard InChI is InChI=1S/C41H25N3/c1-2-10-28(11-3-1)39-42-40(31-18-20-35-29(24-31)15-14-26-8-4-6-12-33(26)35)44-41(43-39)32-19-21-36-30(25-32)17-23-37-34-13-7-5-9-27(34)16-22-38(36)37/h1-25H. The van der Waals surface area contributed by atoms with Crippen molar-refractivity contribution in [2.45, 2.75) is 0 Å². The van der Waals surface area contributed by atoms with E-state index in [2.05, 4.69) is 121 Å². The summed E-state index contributed by atoms with van der Waals surface area (Å²) in [7, 11) is 0. The van der Waals surface area contributed by atoms with Crippen LogP contribution in [0, 0.1) is 0 Å². The van der Waals surface area contributed by atoms with Gasteiger partial charge in [-0.3, -0.25) is 0 Å². The van der Waals surface area contributed by atoms with Crippen molar-refractivity contribution >= 4 is 53.9 Å². The Morgan fingerprint density at radius 2 is 0.636 bits per heavy atom. The van der Waals surface area contributed by atoms with Gasteiger partial charge in [-0.1, -0.05) is 140 Å². The largest absolute Gasteiger partial charge is 0.208 e. The van der Waals surface area contributed by atoms with Gasteiger partial charge >= 0.3 is 0 Å². The van der Waals surface area contributed by atoms with Gasteiger partial charge in [-0.25, -0.2) is 15.0 Å². The smallest absolute Gasteiger partial charge is 0.164 e. The molecule has 0 spiro atoms. The van der Waals surface area contributed by atoms with Crippen molar-refractivity contribution in [3.05, 3.63) is 152 Å². The molecule has 0 N–H and O–H groups in total. The minimum Gasteiger partial charge on any atom is -0.208 e. The lowest BCUT2D eigenvalue weighted by atomic mass is 9.96. The summed E-state index contributed by atoms with van der Waals surface area (Å²) in [6.07, 6.45) is 0. The molecular formula is C41H25N3. The van der Waals surface area contributed by atoms with E-state index in [1.165, 1.54) is 43.1 Å². The van der Waals surface area contributed by atoms with E-state index in [-0.39, 0.29) is 0 Å². The van der Waals surface area contributed by atoms with E-state index in [4.69, 9.17) is 15.0 Å². The van der Waals surface area contributed by atoms with Crippen molar-refractivity contribution in [1.82, 2.24) is 15.0 Å². The zero-order valence-corrected chi connectivity index (χ0v) is 23.8. The van der Waals surface area contributed by atoms with Gasteiger partial charge in [0.05, 0.1) is 0 Å². The summed E-state index contributed by atoms with van der Waals surface area (Å²) in [6.45, 7) is 0. The SMILES string of the molecule is c1ccc(-c2nc(-c3ccc4c(ccc5ccccc54)c3)nc(-c3ccc4c(ccc5c6ccccc6ccc45)c3)n2)cc1. The highest BCUT2D eigenvalue weighted by atomic mass is 15.0. The predicted octanol–water partition coefficient (Wildman–Crippen LogP) is 10.6. The van der Waals surface area contributed by atoms with E-state index in [1.807, 2.05) is 30.3 Å². The summed E-state index contributed by atoms with van der Waals surface area (Å²) in [4.78, 5) is 15.0. The summed E-state index contributed by atoms with van der Waals surface area (Å²) in [5.74, 6) is 1.98. The lowest BCUT2D eigenvalue weighted by Crippen LogP contribution is -2.00. The van der Waals surface area contributed by atoms with Crippen LogP contribution in [0.4, 0.5) is 0 Å². The molecule has 0 amide bonds. The molecule has 9 aromatic rings. The van der Waals surface area contributed by atoms with Crippen LogP contribution >= 0.6 is 0 Å². The third-order valence-electron chi connectivity index (χ3n) is 8.67. The van der Waals surface area contributed by atoms with Crippen LogP contribution in [0.1, 0.15) is 0 Å². The molecule has 3 nitrogen and oxygen atoms in total. The number of aromatic nitrogens is 3. The lowest BCUT2D eigenvalue weighted by Gasteiger charge is -2.11. The Morgan fingerprint density at radius 3 is 1.25 bits per heavy atom. The lowest BCUT2D eigenvalue weighted by molar-refractivity contribution is 1.08. The fourth-order valence-electron chi connectivity index (χ4n) is 6.47. The van der Waals surface area contributed by atoms with Crippen LogP contribution in [0.3, 0.4) is 0 Å². The number of fused-ring (bicyclic) bond motifs is 8. The van der Waals surface area contributed by atoms with E-state index >= 15 is 0 Å². The molecule has 0 bridgehead atoms. The fourth-order valence-corrected chi connectivity index (χ4v) is 6.47. The Balaban J connectivity index is 1.22. The van der Waals surface area contributed by atoms with Crippen LogP contribution in [0.15, 0.2) is 152 Å². The molecule has 0 unspecified atom stereocenters. The van der Waals surface area contributed by atoms with Crippen molar-refractivity contribution in [2.24, 2.45) is 0 Å². The van der Waals surface area contributed by atoms with Gasteiger partial charge in [-0.15, -0.1) is 0 Å². The van der Waals surface area contributed by atoms with E-state index < -0.39 is 0 Å². The molecule has 0 saturated heterocycles. The summed E-state index contributed by atoms with van der Waals surface area (Å²) in [5.41, 5.74) is 2.89. The highest BCUT2D eigenvalue weighted by molar-refractivity contribution is 6.17. The Morgan fingerprint density at radius 1 is 0.250 bits per heavy atom. The number of nitrogens with zero attached hydrogens (tertiary/aromatic N) is 3. The van der Waals surface area contributed by atoms with Crippen LogP contribution in [0.25, 0.3) is 88.0 Å². The molecule has 0 saturated carbocycles. The van der Waals surface area contributed by atoms with Crippen LogP contribution in [-0.4, -0.2) is 15.0 Å². The second kappa shape index (κ2) is 9.82. The highest BCUT2D eigenvalue weighted by Crippen LogP contribution is 2.34. The van der Waals surface area contributed by atoms with Crippen LogP contribution in [0.5, 0.6) is 0 Å². The van der Waals surface area contributed by atoms with Crippen LogP contribution < -0.4 is 0 Å². The van der Waals surface area contributed by atoms with Gasteiger partial charge in [0.1, 0.15) is 0 Å². The van der Waals surface area contributed by atoms with Crippen molar-refractivity contribution in [3.63, 3.8) is 0 Å². The van der Waals surface area contributed by atoms with Crippen molar-refractivity contribution in [3.8, 4) is 34.2 Å². The van der Waals surface area contributed by atoms with Crippen molar-refractivity contribution in [2.75, 3.05) is 0 Å². The molecule has 8 aromatic carbocycles. The average Bonchev–Trinajstić information content (AvgIpc) is 3.11. The Bertz CT molecular complexity index is 2550. The average molecular weight is 560 g/mol. The molecule has 1 heterocycles. The molecule has 44 heavy (non-hydrogen) atoms. The Hall–Kier alpha value is -5.93. The van der Waals surface area contributed by atoms with E-state index in [9.17, 15) is 0 Å². The maximum atomic E-state index is 5.06. The van der Waals surface area contributed by atoms with Crippen LogP contribution in [-0.2, 0) is 0 Å². The zero-order valence-electron chi connectivity index (χ0n) is 23.8. The van der Waals surface area contributed by atoms with Gasteiger partial charge in [0.15, 0.2) is 17.5 Å². The molecule has 0 aliphatic heterocycles. The molecule has 0 aliphatic carbocycles. The molecular weight excluding hydrogens is 534 g/mol. The quantitative estimate of drug-likeness (QED) is 0.202. The Labute approximate surface area is 254 Å². The predicted molar refractivity (Wildman–Crippen MR) is 184 cm³/mol. The Kier molecular flexibility index (Phi) is 5.50. The van der Waals surface area contributed by atoms with Gasteiger partial charge in [0, 0.05) is 16.7 Å². The monoisotopic (exact) mass is 559 g/mol. The molecule has 0 fully saturated rings. The molecule has 3 heteroatoms. The summed E-state index contributed by atoms with van der Waals surface area (Å²) in [6, 6.07) is 53.5. The third-order valence-corrected chi connectivity index (χ3v) is 8.67. The van der Waals surface area contributed by atoms with Crippen molar-refractivity contribution in [1.29, 1.82) is 0 Å². The first-order valence-electron chi connectivity index (χ1n) is 14.9. The molecule has 0 atom stereocenters. The van der Waals surface area contributed by atoms with Gasteiger partial charge in [0.2, 0.25) is 0 Å². The first-order valence-corrected chi connectivity index (χ1v) is 14.9. The minimum atomic E-state index is 0.660. The number of rotatable bonds is 3. The van der Waals surface area contributed by atoms with Gasteiger partial charge in [-0.05, 0) is 66.0 Å². The van der Waals surface area contributed by atoms with Crippen molar-refractivity contribution < 1.29 is 0 Å². The summed E-state index contributed by atoms with van der Waals surface area (Å²) < 4.78 is 0. The first-order chi connectivity index (χ1) is 21.8. The first kappa shape index (κ1) is 24.6. The van der Waals surface area contributed by atoms with E-state index in [0.717, 1.165) is 27.5 Å². The number of benzene rings is 8. The molecule has 0 aliphatic rings. The second-order valence-electron chi connectivity index (χ2n) is 11.3. The fraction of sp³-hybridized carbons (Fsp3) is 0. The number of hydrogen-bond donors (Lipinski definition) is 0. The normalized spacial score (nSPS) is 11.6. The van der Waals surface area contributed by atoms with Crippen LogP contribution in [0.2, 0.25) is 0 Å². The maximum Gasteiger partial charge on any atom is 0.164 e. The molecule has 0 radical (unpaired) electrons. The van der Waals surface area contributed by atoms with E-state index in [1.54, 1.807) is 0 Å². The molecule has 204 valence electrons. The summed E-state index contributed by atoms with van der Waals surface area (Å²) in [5, 5.41) is 12.3. The third kappa shape index (κ3) is 4.02. The number of hydrogen-bond acceptors (Lipinski definition) is 3. The molecule has 9 rings (SSSR count). The topological polar surface area (TPSA) is 38.7 Å².